The van der Waals surface area contributed by atoms with Crippen molar-refractivity contribution in [1.82, 2.24) is 25.0 Å². The molecule has 2 aliphatic rings. The largest absolute Gasteiger partial charge is 0.339 e. The average molecular weight is 419 g/mol. The second-order valence-electron chi connectivity index (χ2n) is 8.53. The fourth-order valence-electron chi connectivity index (χ4n) is 4.52. The van der Waals surface area contributed by atoms with Crippen LogP contribution in [-0.4, -0.2) is 56.6 Å². The van der Waals surface area contributed by atoms with Crippen molar-refractivity contribution in [2.24, 2.45) is 5.92 Å². The monoisotopic (exact) mass is 418 g/mol. The van der Waals surface area contributed by atoms with Crippen LogP contribution >= 0.6 is 0 Å². The maximum atomic E-state index is 13.5. The summed E-state index contributed by atoms with van der Waals surface area (Å²) >= 11 is 0. The van der Waals surface area contributed by atoms with E-state index < -0.39 is 0 Å². The van der Waals surface area contributed by atoms with Crippen LogP contribution < -0.4 is 4.90 Å². The minimum atomic E-state index is 0.00624. The van der Waals surface area contributed by atoms with Crippen LogP contribution in [-0.2, 0) is 0 Å². The number of hydrogen-bond acceptors (Lipinski definition) is 7. The van der Waals surface area contributed by atoms with Gasteiger partial charge in [0.2, 0.25) is 5.95 Å². The van der Waals surface area contributed by atoms with Crippen molar-refractivity contribution in [2.45, 2.75) is 40.2 Å². The molecule has 0 radical (unpaired) electrons. The van der Waals surface area contributed by atoms with E-state index in [2.05, 4.69) is 22.0 Å². The standard InChI is InChI=1S/C23H26N6O2/c1-13-14(2)24-23(25-15(13)3)28-10-9-17-11-29(20(17)12-28)22(30)19-8-6-5-7-18(19)21-26-16(4)27-31-21/h5-8,17,20H,9-12H2,1-4H3. The van der Waals surface area contributed by atoms with Gasteiger partial charge in [-0.1, -0.05) is 17.3 Å². The number of hydrogen-bond donors (Lipinski definition) is 0. The molecule has 2 atom stereocenters. The molecule has 2 saturated heterocycles. The number of anilines is 1. The first-order valence-electron chi connectivity index (χ1n) is 10.7. The SMILES string of the molecule is Cc1noc(-c2ccccc2C(=O)N2CC3CCN(c4nc(C)c(C)c(C)n4)CC32)n1. The highest BCUT2D eigenvalue weighted by Gasteiger charge is 2.46. The van der Waals surface area contributed by atoms with Gasteiger partial charge in [-0.05, 0) is 51.8 Å². The van der Waals surface area contributed by atoms with Crippen molar-refractivity contribution >= 4 is 11.9 Å². The maximum absolute atomic E-state index is 13.5. The molecular formula is C23H26N6O2. The van der Waals surface area contributed by atoms with Crippen LogP contribution in [0.2, 0.25) is 0 Å². The smallest absolute Gasteiger partial charge is 0.258 e. The molecule has 2 aromatic heterocycles. The minimum Gasteiger partial charge on any atom is -0.339 e. The zero-order valence-electron chi connectivity index (χ0n) is 18.3. The molecule has 4 heterocycles. The molecule has 0 spiro atoms. The maximum Gasteiger partial charge on any atom is 0.258 e. The Labute approximate surface area is 181 Å². The highest BCUT2D eigenvalue weighted by molar-refractivity contribution is 6.00. The third-order valence-electron chi connectivity index (χ3n) is 6.63. The molecular weight excluding hydrogens is 392 g/mol. The minimum absolute atomic E-state index is 0.00624. The van der Waals surface area contributed by atoms with Gasteiger partial charge in [0.25, 0.3) is 11.8 Å². The lowest BCUT2D eigenvalue weighted by atomic mass is 9.81. The summed E-state index contributed by atoms with van der Waals surface area (Å²) in [5.74, 6) is 2.22. The quantitative estimate of drug-likeness (QED) is 0.646. The van der Waals surface area contributed by atoms with E-state index in [0.29, 0.717) is 28.8 Å². The van der Waals surface area contributed by atoms with Crippen molar-refractivity contribution in [2.75, 3.05) is 24.5 Å². The molecule has 2 unspecified atom stereocenters. The molecule has 2 aliphatic heterocycles. The second kappa shape index (κ2) is 7.44. The summed E-state index contributed by atoms with van der Waals surface area (Å²) in [7, 11) is 0. The third kappa shape index (κ3) is 3.36. The molecule has 160 valence electrons. The number of rotatable bonds is 3. The molecule has 0 saturated carbocycles. The van der Waals surface area contributed by atoms with Crippen LogP contribution in [0.5, 0.6) is 0 Å². The number of carbonyl (C=O) groups excluding carboxylic acids is 1. The first kappa shape index (κ1) is 19.7. The Kier molecular flexibility index (Phi) is 4.72. The predicted octanol–water partition coefficient (Wildman–Crippen LogP) is 3.11. The van der Waals surface area contributed by atoms with Crippen molar-refractivity contribution in [3.8, 4) is 11.5 Å². The Morgan fingerprint density at radius 2 is 1.77 bits per heavy atom. The van der Waals surface area contributed by atoms with Crippen LogP contribution in [0.4, 0.5) is 5.95 Å². The summed E-state index contributed by atoms with van der Waals surface area (Å²) in [5, 5.41) is 3.87. The van der Waals surface area contributed by atoms with Gasteiger partial charge in [-0.15, -0.1) is 0 Å². The van der Waals surface area contributed by atoms with Gasteiger partial charge in [-0.2, -0.15) is 4.98 Å². The highest BCUT2D eigenvalue weighted by atomic mass is 16.5. The Bertz CT molecular complexity index is 1130. The fraction of sp³-hybridized carbons (Fsp3) is 0.435. The van der Waals surface area contributed by atoms with Crippen LogP contribution in [0.3, 0.4) is 0 Å². The van der Waals surface area contributed by atoms with Crippen LogP contribution in [0.25, 0.3) is 11.5 Å². The van der Waals surface area contributed by atoms with Crippen LogP contribution in [0, 0.1) is 33.6 Å². The van der Waals surface area contributed by atoms with E-state index in [0.717, 1.165) is 49.0 Å². The molecule has 31 heavy (non-hydrogen) atoms. The van der Waals surface area contributed by atoms with Gasteiger partial charge in [0.05, 0.1) is 17.2 Å². The number of amides is 1. The van der Waals surface area contributed by atoms with E-state index in [-0.39, 0.29) is 11.9 Å². The van der Waals surface area contributed by atoms with Crippen molar-refractivity contribution in [1.29, 1.82) is 0 Å². The first-order valence-corrected chi connectivity index (χ1v) is 10.7. The van der Waals surface area contributed by atoms with Gasteiger partial charge in [0.15, 0.2) is 5.82 Å². The van der Waals surface area contributed by atoms with Crippen LogP contribution in [0.1, 0.15) is 39.6 Å². The van der Waals surface area contributed by atoms with E-state index in [4.69, 9.17) is 14.5 Å². The summed E-state index contributed by atoms with van der Waals surface area (Å²) in [6, 6.07) is 7.60. The molecule has 3 aromatic rings. The van der Waals surface area contributed by atoms with Gasteiger partial charge < -0.3 is 14.3 Å². The average Bonchev–Trinajstić information content (AvgIpc) is 3.18. The zero-order chi connectivity index (χ0) is 21.7. The van der Waals surface area contributed by atoms with Crippen molar-refractivity contribution in [3.05, 3.63) is 52.6 Å². The first-order chi connectivity index (χ1) is 14.9. The number of piperidine rings is 1. The second-order valence-corrected chi connectivity index (χ2v) is 8.53. The molecule has 0 N–H and O–H groups in total. The number of fused-ring (bicyclic) bond motifs is 1. The summed E-state index contributed by atoms with van der Waals surface area (Å²) in [6.07, 6.45) is 1.04. The lowest BCUT2D eigenvalue weighted by Crippen LogP contribution is -2.66. The third-order valence-corrected chi connectivity index (χ3v) is 6.63. The molecule has 8 nitrogen and oxygen atoms in total. The topological polar surface area (TPSA) is 88.3 Å². The number of benzene rings is 1. The molecule has 1 aromatic carbocycles. The van der Waals surface area contributed by atoms with Gasteiger partial charge in [-0.25, -0.2) is 9.97 Å². The molecule has 2 fully saturated rings. The van der Waals surface area contributed by atoms with E-state index in [9.17, 15) is 4.79 Å². The van der Waals surface area contributed by atoms with Gasteiger partial charge >= 0.3 is 0 Å². The van der Waals surface area contributed by atoms with Gasteiger partial charge in [0.1, 0.15) is 0 Å². The van der Waals surface area contributed by atoms with Crippen LogP contribution in [0.15, 0.2) is 28.8 Å². The Morgan fingerprint density at radius 1 is 1.03 bits per heavy atom. The molecule has 0 aliphatic carbocycles. The predicted molar refractivity (Wildman–Crippen MR) is 116 cm³/mol. The fourth-order valence-corrected chi connectivity index (χ4v) is 4.52. The number of carbonyl (C=O) groups is 1. The van der Waals surface area contributed by atoms with Crippen molar-refractivity contribution in [3.63, 3.8) is 0 Å². The molecule has 1 amide bonds. The zero-order valence-corrected chi connectivity index (χ0v) is 18.3. The molecule has 8 heteroatoms. The van der Waals surface area contributed by atoms with E-state index in [1.807, 2.05) is 43.0 Å². The lowest BCUT2D eigenvalue weighted by Gasteiger charge is -2.53. The highest BCUT2D eigenvalue weighted by Crippen LogP contribution is 2.36. The Hall–Kier alpha value is -3.29. The molecule has 0 bridgehead atoms. The normalized spacial score (nSPS) is 20.4. The summed E-state index contributed by atoms with van der Waals surface area (Å²) in [6.45, 7) is 10.3. The Morgan fingerprint density at radius 3 is 2.48 bits per heavy atom. The number of likely N-dealkylation sites (tertiary alicyclic amines) is 1. The summed E-state index contributed by atoms with van der Waals surface area (Å²) in [4.78, 5) is 31.4. The van der Waals surface area contributed by atoms with Gasteiger partial charge in [-0.3, -0.25) is 4.79 Å². The van der Waals surface area contributed by atoms with Crippen molar-refractivity contribution < 1.29 is 9.32 Å². The lowest BCUT2D eigenvalue weighted by molar-refractivity contribution is 0.00772. The number of aryl methyl sites for hydroxylation is 3. The van der Waals surface area contributed by atoms with E-state index in [1.54, 1.807) is 6.92 Å². The van der Waals surface area contributed by atoms with E-state index in [1.165, 1.54) is 0 Å². The number of nitrogens with zero attached hydrogens (tertiary/aromatic N) is 6. The molecule has 5 rings (SSSR count). The summed E-state index contributed by atoms with van der Waals surface area (Å²) in [5.41, 5.74) is 4.43. The number of aromatic nitrogens is 4. The Balaban J connectivity index is 1.38. The van der Waals surface area contributed by atoms with E-state index >= 15 is 0 Å². The summed E-state index contributed by atoms with van der Waals surface area (Å²) < 4.78 is 5.33. The van der Waals surface area contributed by atoms with Gasteiger partial charge in [0, 0.05) is 36.9 Å².